The number of carbonyl (C=O) groups excluding carboxylic acids is 4. The van der Waals surface area contributed by atoms with Crippen LogP contribution in [-0.4, -0.2) is 43.7 Å². The first-order chi connectivity index (χ1) is 19.8. The third kappa shape index (κ3) is 7.30. The molecule has 2 N–H and O–H groups in total. The highest BCUT2D eigenvalue weighted by Gasteiger charge is 2.28. The number of hydrogen-bond acceptors (Lipinski definition) is 9. The van der Waals surface area contributed by atoms with Gasteiger partial charge in [-0.25, -0.2) is 15.0 Å². The topological polar surface area (TPSA) is 132 Å². The molecule has 1 aliphatic carbocycles. The van der Waals surface area contributed by atoms with E-state index in [1.165, 1.54) is 36.8 Å². The van der Waals surface area contributed by atoms with E-state index in [0.29, 0.717) is 22.5 Å². The van der Waals surface area contributed by atoms with Gasteiger partial charge in [-0.3, -0.25) is 9.59 Å². The van der Waals surface area contributed by atoms with Crippen molar-refractivity contribution in [2.24, 2.45) is 5.10 Å². The molecular formula is C29H28ClN3O7S. The molecular weight excluding hydrogens is 570 g/mol. The quantitative estimate of drug-likeness (QED) is 0.0915. The number of methoxy groups -OCH3 is 1. The maximum Gasteiger partial charge on any atom is 0.345 e. The Labute approximate surface area is 245 Å². The molecule has 0 aliphatic heterocycles. The Morgan fingerprint density at radius 3 is 2.54 bits per heavy atom. The second-order valence-electron chi connectivity index (χ2n) is 8.92. The Bertz CT molecular complexity index is 1500. The normalized spacial score (nSPS) is 12.7. The molecule has 214 valence electrons. The number of nitrogens with one attached hydrogen (secondary N) is 2. The zero-order chi connectivity index (χ0) is 29.4. The van der Waals surface area contributed by atoms with Gasteiger partial charge >= 0.3 is 23.8 Å². The number of thiophene rings is 1. The molecule has 4 rings (SSSR count). The highest BCUT2D eigenvalue weighted by atomic mass is 35.5. The summed E-state index contributed by atoms with van der Waals surface area (Å²) in [6.07, 6.45) is 5.81. The van der Waals surface area contributed by atoms with E-state index in [1.54, 1.807) is 37.3 Å². The van der Waals surface area contributed by atoms with Crippen LogP contribution in [0.1, 0.15) is 62.9 Å². The van der Waals surface area contributed by atoms with E-state index in [4.69, 9.17) is 25.8 Å². The molecule has 1 aliphatic rings. The second kappa shape index (κ2) is 13.9. The summed E-state index contributed by atoms with van der Waals surface area (Å²) in [4.78, 5) is 51.3. The first-order valence-corrected chi connectivity index (χ1v) is 14.1. The van der Waals surface area contributed by atoms with E-state index < -0.39 is 23.8 Å². The van der Waals surface area contributed by atoms with Gasteiger partial charge in [0.1, 0.15) is 5.00 Å². The van der Waals surface area contributed by atoms with Crippen LogP contribution in [0.2, 0.25) is 5.02 Å². The minimum atomic E-state index is -1.02. The van der Waals surface area contributed by atoms with Crippen LogP contribution in [0, 0.1) is 0 Å². The first kappa shape index (κ1) is 29.8. The Balaban J connectivity index is 1.41. The summed E-state index contributed by atoms with van der Waals surface area (Å²) in [5, 5.41) is 6.94. The van der Waals surface area contributed by atoms with Crippen LogP contribution in [0.3, 0.4) is 0 Å². The SMILES string of the molecule is CCOC(=O)c1c(NC(=O)C(=O)NN=Cc2ccc(OC(=O)c3ccccc3Cl)c(OC)c2)sc2c1CCCCC2. The van der Waals surface area contributed by atoms with Crippen molar-refractivity contribution in [3.8, 4) is 11.5 Å². The molecule has 0 atom stereocenters. The zero-order valence-corrected chi connectivity index (χ0v) is 24.0. The van der Waals surface area contributed by atoms with Crippen molar-refractivity contribution in [2.45, 2.75) is 39.0 Å². The number of anilines is 1. The summed E-state index contributed by atoms with van der Waals surface area (Å²) in [5.41, 5.74) is 4.08. The Kier molecular flexibility index (Phi) is 10.1. The summed E-state index contributed by atoms with van der Waals surface area (Å²) in [6.45, 7) is 1.91. The standard InChI is InChI=1S/C29H28ClN3O7S/c1-3-39-29(37)24-19-10-5-4-6-12-23(19)41-27(24)32-25(34)26(35)33-31-16-17-13-14-21(22(15-17)38-2)40-28(36)18-9-7-8-11-20(18)30/h7-9,11,13-16H,3-6,10,12H2,1-2H3,(H,32,34)(H,33,35). The van der Waals surface area contributed by atoms with Crippen LogP contribution in [0.15, 0.2) is 47.6 Å². The van der Waals surface area contributed by atoms with Crippen molar-refractivity contribution in [3.63, 3.8) is 0 Å². The van der Waals surface area contributed by atoms with Gasteiger partial charge in [-0.2, -0.15) is 5.10 Å². The number of fused-ring (bicyclic) bond motifs is 1. The molecule has 1 heterocycles. The van der Waals surface area contributed by atoms with Crippen molar-refractivity contribution < 1.29 is 33.4 Å². The summed E-state index contributed by atoms with van der Waals surface area (Å²) < 4.78 is 16.0. The van der Waals surface area contributed by atoms with E-state index in [0.717, 1.165) is 36.1 Å². The molecule has 3 aromatic rings. The number of hydrogen-bond donors (Lipinski definition) is 2. The van der Waals surface area contributed by atoms with Gasteiger partial charge in [-0.15, -0.1) is 11.3 Å². The number of nitrogens with zero attached hydrogens (tertiary/aromatic N) is 1. The number of benzene rings is 2. The maximum atomic E-state index is 12.7. The number of amides is 2. The lowest BCUT2D eigenvalue weighted by Crippen LogP contribution is -2.32. The van der Waals surface area contributed by atoms with Gasteiger partial charge in [-0.1, -0.05) is 30.2 Å². The molecule has 0 saturated carbocycles. The van der Waals surface area contributed by atoms with E-state index in [-0.39, 0.29) is 28.7 Å². The minimum absolute atomic E-state index is 0.157. The van der Waals surface area contributed by atoms with Crippen molar-refractivity contribution in [1.82, 2.24) is 5.43 Å². The minimum Gasteiger partial charge on any atom is -0.493 e. The van der Waals surface area contributed by atoms with Gasteiger partial charge in [0.15, 0.2) is 11.5 Å². The molecule has 0 fully saturated rings. The van der Waals surface area contributed by atoms with Crippen molar-refractivity contribution in [2.75, 3.05) is 19.0 Å². The molecule has 41 heavy (non-hydrogen) atoms. The second-order valence-corrected chi connectivity index (χ2v) is 10.4. The summed E-state index contributed by atoms with van der Waals surface area (Å²) >= 11 is 7.36. The maximum absolute atomic E-state index is 12.7. The lowest BCUT2D eigenvalue weighted by molar-refractivity contribution is -0.136. The average molecular weight is 598 g/mol. The van der Waals surface area contributed by atoms with Crippen LogP contribution >= 0.6 is 22.9 Å². The highest BCUT2D eigenvalue weighted by molar-refractivity contribution is 7.17. The van der Waals surface area contributed by atoms with Crippen molar-refractivity contribution >= 4 is 57.9 Å². The van der Waals surface area contributed by atoms with Crippen LogP contribution < -0.4 is 20.2 Å². The van der Waals surface area contributed by atoms with Crippen LogP contribution in [0.4, 0.5) is 5.00 Å². The Morgan fingerprint density at radius 2 is 1.78 bits per heavy atom. The largest absolute Gasteiger partial charge is 0.493 e. The predicted molar refractivity (Wildman–Crippen MR) is 155 cm³/mol. The smallest absolute Gasteiger partial charge is 0.345 e. The molecule has 0 bridgehead atoms. The molecule has 2 aromatic carbocycles. The van der Waals surface area contributed by atoms with Crippen molar-refractivity contribution in [1.29, 1.82) is 0 Å². The monoisotopic (exact) mass is 597 g/mol. The fourth-order valence-electron chi connectivity index (χ4n) is 4.26. The van der Waals surface area contributed by atoms with Gasteiger partial charge in [0.25, 0.3) is 0 Å². The van der Waals surface area contributed by atoms with Gasteiger partial charge in [-0.05, 0) is 74.1 Å². The number of ether oxygens (including phenoxy) is 3. The summed E-state index contributed by atoms with van der Waals surface area (Å²) in [7, 11) is 1.41. The number of aryl methyl sites for hydroxylation is 1. The van der Waals surface area contributed by atoms with Crippen LogP contribution in [0.5, 0.6) is 11.5 Å². The third-order valence-electron chi connectivity index (χ3n) is 6.20. The lowest BCUT2D eigenvalue weighted by Gasteiger charge is -2.10. The number of halogens is 1. The number of carbonyl (C=O) groups is 4. The molecule has 12 heteroatoms. The zero-order valence-electron chi connectivity index (χ0n) is 22.5. The Morgan fingerprint density at radius 1 is 1.00 bits per heavy atom. The fraction of sp³-hybridized carbons (Fsp3) is 0.276. The molecule has 2 amide bonds. The Hall–Kier alpha value is -4.22. The van der Waals surface area contributed by atoms with E-state index in [2.05, 4.69) is 15.8 Å². The molecule has 0 unspecified atom stereocenters. The predicted octanol–water partition coefficient (Wildman–Crippen LogP) is 5.16. The van der Waals surface area contributed by atoms with Gasteiger partial charge < -0.3 is 19.5 Å². The van der Waals surface area contributed by atoms with Gasteiger partial charge in [0, 0.05) is 4.88 Å². The van der Waals surface area contributed by atoms with Crippen LogP contribution in [0.25, 0.3) is 0 Å². The van der Waals surface area contributed by atoms with E-state index in [9.17, 15) is 19.2 Å². The highest BCUT2D eigenvalue weighted by Crippen LogP contribution is 2.38. The molecule has 0 saturated heterocycles. The molecule has 0 radical (unpaired) electrons. The number of hydrazone groups is 1. The summed E-state index contributed by atoms with van der Waals surface area (Å²) in [6, 6.07) is 11.1. The molecule has 0 spiro atoms. The van der Waals surface area contributed by atoms with E-state index in [1.807, 2.05) is 0 Å². The number of rotatable bonds is 8. The first-order valence-electron chi connectivity index (χ1n) is 12.9. The molecule has 1 aromatic heterocycles. The molecule has 10 nitrogen and oxygen atoms in total. The van der Waals surface area contributed by atoms with Gasteiger partial charge in [0.05, 0.1) is 36.1 Å². The lowest BCUT2D eigenvalue weighted by atomic mass is 10.1. The van der Waals surface area contributed by atoms with E-state index >= 15 is 0 Å². The van der Waals surface area contributed by atoms with Crippen molar-refractivity contribution in [3.05, 3.63) is 74.6 Å². The fourth-order valence-corrected chi connectivity index (χ4v) is 5.74. The number of esters is 2. The third-order valence-corrected chi connectivity index (χ3v) is 7.73. The average Bonchev–Trinajstić information content (AvgIpc) is 3.13. The van der Waals surface area contributed by atoms with Gasteiger partial charge in [0.2, 0.25) is 0 Å². The summed E-state index contributed by atoms with van der Waals surface area (Å²) in [5.74, 6) is -2.76. The van der Waals surface area contributed by atoms with Crippen LogP contribution in [-0.2, 0) is 27.2 Å².